The predicted octanol–water partition coefficient (Wildman–Crippen LogP) is 3.23. The van der Waals surface area contributed by atoms with E-state index in [0.717, 1.165) is 24.3 Å². The maximum atomic E-state index is 11.3. The van der Waals surface area contributed by atoms with Crippen LogP contribution in [0.15, 0.2) is 10.2 Å². The van der Waals surface area contributed by atoms with Gasteiger partial charge in [-0.05, 0) is 13.1 Å². The second kappa shape index (κ2) is 4.74. The molecule has 0 aliphatic rings. The van der Waals surface area contributed by atoms with Gasteiger partial charge in [0.25, 0.3) is 4.06 Å². The van der Waals surface area contributed by atoms with Crippen molar-refractivity contribution in [2.75, 3.05) is 13.1 Å². The molecule has 0 atom stereocenters. The zero-order valence-corrected chi connectivity index (χ0v) is 11.2. The molecular weight excluding hydrogens is 246 g/mol. The molecule has 0 aliphatic heterocycles. The molecule has 2 aromatic heterocycles. The smallest absolute Gasteiger partial charge is 0.288 e. The number of hydrogen-bond acceptors (Lipinski definition) is 5. The lowest BCUT2D eigenvalue weighted by Gasteiger charge is -2.16. The normalized spacial score (nSPS) is 11.7. The fourth-order valence-corrected chi connectivity index (χ4v) is 4.92. The molecule has 0 aliphatic carbocycles. The highest BCUT2D eigenvalue weighted by atomic mass is 32.2. The van der Waals surface area contributed by atoms with Crippen molar-refractivity contribution in [1.82, 2.24) is 4.90 Å². The van der Waals surface area contributed by atoms with Gasteiger partial charge in [0.1, 0.15) is 0 Å². The fraction of sp³-hybridized carbons (Fsp3) is 0.500. The molecule has 0 saturated carbocycles. The van der Waals surface area contributed by atoms with Crippen LogP contribution in [0.2, 0.25) is 0 Å². The third kappa shape index (κ3) is 2.30. The van der Waals surface area contributed by atoms with Crippen LogP contribution in [0, 0.1) is 0 Å². The van der Waals surface area contributed by atoms with Gasteiger partial charge in [0, 0.05) is 16.8 Å². The van der Waals surface area contributed by atoms with Gasteiger partial charge in [-0.3, -0.25) is 9.69 Å². The van der Waals surface area contributed by atoms with E-state index in [9.17, 15) is 4.79 Å². The Bertz CT molecular complexity index is 492. The van der Waals surface area contributed by atoms with Crippen molar-refractivity contribution in [3.63, 3.8) is 0 Å². The van der Waals surface area contributed by atoms with Crippen molar-refractivity contribution in [2.45, 2.75) is 20.4 Å². The number of fused-ring (bicyclic) bond motifs is 1. The summed E-state index contributed by atoms with van der Waals surface area (Å²) in [7, 11) is 0. The Kier molecular flexibility index (Phi) is 3.56. The van der Waals surface area contributed by atoms with Crippen molar-refractivity contribution in [3.05, 3.63) is 19.1 Å². The Balaban J connectivity index is 2.30. The molecule has 5 heteroatoms. The summed E-state index contributed by atoms with van der Waals surface area (Å²) < 4.78 is 2.59. The van der Waals surface area contributed by atoms with Crippen LogP contribution in [-0.4, -0.2) is 18.0 Å². The minimum atomic E-state index is 0.216. The van der Waals surface area contributed by atoms with Gasteiger partial charge in [0.15, 0.2) is 0 Å². The summed E-state index contributed by atoms with van der Waals surface area (Å²) in [6.07, 6.45) is 0. The SMILES string of the molecule is CCN(CC)Cc1scc2sc(=O)sc12. The molecule has 2 rings (SSSR count). The van der Waals surface area contributed by atoms with E-state index in [1.165, 1.54) is 32.3 Å². The summed E-state index contributed by atoms with van der Waals surface area (Å²) >= 11 is 4.54. The van der Waals surface area contributed by atoms with E-state index >= 15 is 0 Å². The Labute approximate surface area is 101 Å². The molecule has 0 amide bonds. The first-order valence-corrected chi connectivity index (χ1v) is 7.48. The monoisotopic (exact) mass is 259 g/mol. The minimum Gasteiger partial charge on any atom is -0.299 e. The van der Waals surface area contributed by atoms with Gasteiger partial charge < -0.3 is 0 Å². The number of hydrogen-bond donors (Lipinski definition) is 0. The third-order valence-electron chi connectivity index (χ3n) is 2.43. The van der Waals surface area contributed by atoms with Crippen molar-refractivity contribution >= 4 is 43.4 Å². The van der Waals surface area contributed by atoms with E-state index in [1.807, 2.05) is 0 Å². The van der Waals surface area contributed by atoms with Crippen LogP contribution in [-0.2, 0) is 6.54 Å². The Morgan fingerprint density at radius 3 is 2.67 bits per heavy atom. The first-order chi connectivity index (χ1) is 7.24. The molecule has 2 nitrogen and oxygen atoms in total. The molecule has 2 heterocycles. The molecule has 15 heavy (non-hydrogen) atoms. The van der Waals surface area contributed by atoms with Crippen LogP contribution in [0.3, 0.4) is 0 Å². The zero-order chi connectivity index (χ0) is 10.8. The average molecular weight is 259 g/mol. The average Bonchev–Trinajstić information content (AvgIpc) is 2.74. The summed E-state index contributed by atoms with van der Waals surface area (Å²) in [4.78, 5) is 15.0. The Morgan fingerprint density at radius 2 is 2.00 bits per heavy atom. The first kappa shape index (κ1) is 11.3. The van der Waals surface area contributed by atoms with Crippen LogP contribution >= 0.6 is 34.0 Å². The van der Waals surface area contributed by atoms with Crippen molar-refractivity contribution in [1.29, 1.82) is 0 Å². The quantitative estimate of drug-likeness (QED) is 0.840. The maximum Gasteiger partial charge on any atom is 0.288 e. The highest BCUT2D eigenvalue weighted by Gasteiger charge is 2.10. The summed E-state index contributed by atoms with van der Waals surface area (Å²) in [6, 6.07) is 0. The Hall–Kier alpha value is -0.230. The summed E-state index contributed by atoms with van der Waals surface area (Å²) in [5, 5.41) is 2.11. The van der Waals surface area contributed by atoms with E-state index in [-0.39, 0.29) is 4.06 Å². The summed E-state index contributed by atoms with van der Waals surface area (Å²) in [6.45, 7) is 7.45. The van der Waals surface area contributed by atoms with Gasteiger partial charge in [-0.1, -0.05) is 36.5 Å². The molecule has 0 aromatic carbocycles. The molecule has 0 radical (unpaired) electrons. The second-order valence-electron chi connectivity index (χ2n) is 3.27. The highest BCUT2D eigenvalue weighted by Crippen LogP contribution is 2.31. The van der Waals surface area contributed by atoms with E-state index in [1.54, 1.807) is 11.3 Å². The van der Waals surface area contributed by atoms with Gasteiger partial charge in [-0.2, -0.15) is 0 Å². The van der Waals surface area contributed by atoms with E-state index in [2.05, 4.69) is 24.1 Å². The van der Waals surface area contributed by atoms with E-state index < -0.39 is 0 Å². The molecular formula is C10H13NOS3. The largest absolute Gasteiger partial charge is 0.299 e. The summed E-state index contributed by atoms with van der Waals surface area (Å²) in [5.41, 5.74) is 0. The van der Waals surface area contributed by atoms with Gasteiger partial charge in [0.2, 0.25) is 0 Å². The second-order valence-corrected chi connectivity index (χ2v) is 6.49. The highest BCUT2D eigenvalue weighted by molar-refractivity contribution is 7.38. The number of rotatable bonds is 4. The van der Waals surface area contributed by atoms with Crippen LogP contribution in [0.5, 0.6) is 0 Å². The van der Waals surface area contributed by atoms with Gasteiger partial charge in [0.05, 0.1) is 9.40 Å². The molecule has 0 N–H and O–H groups in total. The first-order valence-electron chi connectivity index (χ1n) is 4.97. The zero-order valence-electron chi connectivity index (χ0n) is 8.78. The van der Waals surface area contributed by atoms with Crippen molar-refractivity contribution in [2.24, 2.45) is 0 Å². The van der Waals surface area contributed by atoms with Crippen molar-refractivity contribution in [3.8, 4) is 0 Å². The lowest BCUT2D eigenvalue weighted by molar-refractivity contribution is 0.299. The Morgan fingerprint density at radius 1 is 1.27 bits per heavy atom. The lowest BCUT2D eigenvalue weighted by atomic mass is 10.4. The van der Waals surface area contributed by atoms with Crippen molar-refractivity contribution < 1.29 is 0 Å². The minimum absolute atomic E-state index is 0.216. The van der Waals surface area contributed by atoms with Gasteiger partial charge in [-0.15, -0.1) is 11.3 Å². The van der Waals surface area contributed by atoms with Gasteiger partial charge in [-0.25, -0.2) is 0 Å². The molecule has 0 saturated heterocycles. The van der Waals surface area contributed by atoms with E-state index in [4.69, 9.17) is 0 Å². The predicted molar refractivity (Wildman–Crippen MR) is 70.5 cm³/mol. The standard InChI is InChI=1S/C10H13NOS3/c1-3-11(4-2)5-7-9-8(6-13-7)14-10(12)15-9/h6H,3-5H2,1-2H3. The molecule has 0 bridgehead atoms. The van der Waals surface area contributed by atoms with Crippen LogP contribution in [0.25, 0.3) is 9.40 Å². The summed E-state index contributed by atoms with van der Waals surface area (Å²) in [5.74, 6) is 0. The molecule has 82 valence electrons. The van der Waals surface area contributed by atoms with Crippen LogP contribution < -0.4 is 4.06 Å². The maximum absolute atomic E-state index is 11.3. The third-order valence-corrected chi connectivity index (χ3v) is 5.85. The number of nitrogens with zero attached hydrogens (tertiary/aromatic N) is 1. The topological polar surface area (TPSA) is 20.3 Å². The fourth-order valence-electron chi connectivity index (χ4n) is 1.50. The molecule has 2 aromatic rings. The molecule has 0 fully saturated rings. The number of thiophene rings is 1. The van der Waals surface area contributed by atoms with E-state index in [0.29, 0.717) is 0 Å². The lowest BCUT2D eigenvalue weighted by Crippen LogP contribution is -2.21. The molecule has 0 spiro atoms. The van der Waals surface area contributed by atoms with Crippen LogP contribution in [0.4, 0.5) is 0 Å². The molecule has 0 unspecified atom stereocenters. The van der Waals surface area contributed by atoms with Gasteiger partial charge >= 0.3 is 0 Å². The van der Waals surface area contributed by atoms with Crippen LogP contribution in [0.1, 0.15) is 18.7 Å².